The molecule has 0 heterocycles. The van der Waals surface area contributed by atoms with Crippen LogP contribution in [0.15, 0.2) is 104 Å². The van der Waals surface area contributed by atoms with Gasteiger partial charge >= 0.3 is 0 Å². The second-order valence-corrected chi connectivity index (χ2v) is 9.33. The van der Waals surface area contributed by atoms with Crippen LogP contribution < -0.4 is 11.5 Å². The predicted octanol–water partition coefficient (Wildman–Crippen LogP) is 9.33. The Morgan fingerprint density at radius 2 is 1.32 bits per heavy atom. The summed E-state index contributed by atoms with van der Waals surface area (Å²) in [6.07, 6.45) is 10.2. The third kappa shape index (κ3) is 5.04. The van der Waals surface area contributed by atoms with E-state index in [0.717, 1.165) is 33.5 Å². The first-order valence-corrected chi connectivity index (χ1v) is 13.0. The Morgan fingerprint density at radius 3 is 2.00 bits per heavy atom. The van der Waals surface area contributed by atoms with E-state index in [2.05, 4.69) is 123 Å². The third-order valence-electron chi connectivity index (χ3n) is 6.98. The molecule has 0 aliphatic heterocycles. The number of hydrogen-bond donors (Lipinski definition) is 2. The molecule has 38 heavy (non-hydrogen) atoms. The van der Waals surface area contributed by atoms with E-state index in [1.807, 2.05) is 19.1 Å². The van der Waals surface area contributed by atoms with Crippen molar-refractivity contribution in [2.45, 2.75) is 20.8 Å². The standard InChI is InChI=1S/C35H31N.CH5N/c1-5-7-11-29-24(4)28-12-8-9-13-30(28)31-19-18-26(20-34(29)31)33-21-27(22-35(36)32(33)10-6-2)25-16-14-23(3)15-17-25;1-2/h5-22H,1,36H2,2-4H3;2H2,1H3/b10-6-,11-7-;. The minimum absolute atomic E-state index is 0.780. The molecule has 0 atom stereocenters. The lowest BCUT2D eigenvalue weighted by Gasteiger charge is -2.17. The van der Waals surface area contributed by atoms with Crippen molar-refractivity contribution >= 4 is 39.4 Å². The van der Waals surface area contributed by atoms with Crippen LogP contribution in [-0.4, -0.2) is 7.05 Å². The van der Waals surface area contributed by atoms with E-state index < -0.39 is 0 Å². The number of fused-ring (bicyclic) bond motifs is 3. The summed E-state index contributed by atoms with van der Waals surface area (Å²) in [7, 11) is 1.50. The summed E-state index contributed by atoms with van der Waals surface area (Å²) in [5.74, 6) is 0. The second-order valence-electron chi connectivity index (χ2n) is 9.33. The Labute approximate surface area is 226 Å². The minimum Gasteiger partial charge on any atom is -0.398 e. The molecule has 4 N–H and O–H groups in total. The summed E-state index contributed by atoms with van der Waals surface area (Å²) in [6.45, 7) is 10.2. The fourth-order valence-corrected chi connectivity index (χ4v) is 5.12. The monoisotopic (exact) mass is 496 g/mol. The molecule has 190 valence electrons. The molecule has 0 aliphatic rings. The van der Waals surface area contributed by atoms with E-state index in [-0.39, 0.29) is 0 Å². The summed E-state index contributed by atoms with van der Waals surface area (Å²) in [4.78, 5) is 0. The zero-order valence-corrected chi connectivity index (χ0v) is 22.8. The van der Waals surface area contributed by atoms with Crippen molar-refractivity contribution in [3.8, 4) is 22.3 Å². The van der Waals surface area contributed by atoms with Crippen LogP contribution in [0.3, 0.4) is 0 Å². The largest absolute Gasteiger partial charge is 0.398 e. The average molecular weight is 497 g/mol. The molecule has 5 rings (SSSR count). The van der Waals surface area contributed by atoms with Crippen molar-refractivity contribution in [2.75, 3.05) is 12.8 Å². The number of hydrogen-bond acceptors (Lipinski definition) is 2. The van der Waals surface area contributed by atoms with Crippen LogP contribution >= 0.6 is 0 Å². The summed E-state index contributed by atoms with van der Waals surface area (Å²) in [5, 5.41) is 5.03. The molecule has 0 saturated carbocycles. The summed E-state index contributed by atoms with van der Waals surface area (Å²) in [5.41, 5.74) is 21.3. The number of allylic oxidation sites excluding steroid dienone is 3. The third-order valence-corrected chi connectivity index (χ3v) is 6.98. The molecular weight excluding hydrogens is 460 g/mol. The van der Waals surface area contributed by atoms with Gasteiger partial charge in [0.15, 0.2) is 0 Å². The lowest BCUT2D eigenvalue weighted by Crippen LogP contribution is -1.96. The van der Waals surface area contributed by atoms with E-state index >= 15 is 0 Å². The fraction of sp³-hybridized carbons (Fsp3) is 0.111. The van der Waals surface area contributed by atoms with Crippen LogP contribution in [0, 0.1) is 13.8 Å². The van der Waals surface area contributed by atoms with Gasteiger partial charge in [0.2, 0.25) is 0 Å². The molecule has 0 unspecified atom stereocenters. The van der Waals surface area contributed by atoms with Crippen LogP contribution in [0.2, 0.25) is 0 Å². The van der Waals surface area contributed by atoms with Gasteiger partial charge in [0.1, 0.15) is 0 Å². The molecule has 0 aliphatic carbocycles. The molecule has 2 heteroatoms. The van der Waals surface area contributed by atoms with Gasteiger partial charge in [-0.05, 0) is 101 Å². The van der Waals surface area contributed by atoms with Crippen LogP contribution in [0.1, 0.15) is 29.2 Å². The van der Waals surface area contributed by atoms with E-state index in [9.17, 15) is 0 Å². The summed E-state index contributed by atoms with van der Waals surface area (Å²) < 4.78 is 0. The van der Waals surface area contributed by atoms with Gasteiger partial charge in [0, 0.05) is 11.3 Å². The van der Waals surface area contributed by atoms with Crippen molar-refractivity contribution in [1.29, 1.82) is 0 Å². The average Bonchev–Trinajstić information content (AvgIpc) is 2.95. The van der Waals surface area contributed by atoms with Gasteiger partial charge in [0.25, 0.3) is 0 Å². The van der Waals surface area contributed by atoms with Gasteiger partial charge in [0.05, 0.1) is 0 Å². The van der Waals surface area contributed by atoms with Gasteiger partial charge in [-0.2, -0.15) is 0 Å². The highest BCUT2D eigenvalue weighted by Gasteiger charge is 2.14. The van der Waals surface area contributed by atoms with Gasteiger partial charge in [-0.3, -0.25) is 0 Å². The summed E-state index contributed by atoms with van der Waals surface area (Å²) in [6, 6.07) is 28.4. The van der Waals surface area contributed by atoms with Crippen molar-refractivity contribution in [1.82, 2.24) is 0 Å². The number of aryl methyl sites for hydroxylation is 2. The number of nitrogen functional groups attached to an aromatic ring is 1. The molecule has 0 radical (unpaired) electrons. The zero-order valence-electron chi connectivity index (χ0n) is 22.8. The molecule has 0 fully saturated rings. The predicted molar refractivity (Wildman–Crippen MR) is 170 cm³/mol. The van der Waals surface area contributed by atoms with Crippen LogP contribution in [0.5, 0.6) is 0 Å². The first-order chi connectivity index (χ1) is 18.5. The number of anilines is 1. The van der Waals surface area contributed by atoms with Crippen molar-refractivity contribution in [2.24, 2.45) is 5.73 Å². The molecule has 2 nitrogen and oxygen atoms in total. The van der Waals surface area contributed by atoms with Crippen LogP contribution in [0.4, 0.5) is 5.69 Å². The highest BCUT2D eigenvalue weighted by atomic mass is 14.6. The van der Waals surface area contributed by atoms with Gasteiger partial charge in [-0.15, -0.1) is 0 Å². The molecule has 0 spiro atoms. The van der Waals surface area contributed by atoms with E-state index in [4.69, 9.17) is 5.73 Å². The Kier molecular flexibility index (Phi) is 8.25. The van der Waals surface area contributed by atoms with Crippen LogP contribution in [0.25, 0.3) is 56.0 Å². The zero-order chi connectivity index (χ0) is 27.2. The van der Waals surface area contributed by atoms with Crippen LogP contribution in [-0.2, 0) is 0 Å². The maximum absolute atomic E-state index is 6.65. The number of nitrogens with two attached hydrogens (primary N) is 2. The maximum atomic E-state index is 6.65. The topological polar surface area (TPSA) is 52.0 Å². The van der Waals surface area contributed by atoms with Crippen molar-refractivity contribution in [3.63, 3.8) is 0 Å². The molecule has 0 saturated heterocycles. The second kappa shape index (κ2) is 11.8. The number of rotatable bonds is 5. The quantitative estimate of drug-likeness (QED) is 0.145. The van der Waals surface area contributed by atoms with Gasteiger partial charge in [-0.1, -0.05) is 103 Å². The lowest BCUT2D eigenvalue weighted by molar-refractivity contribution is 1.47. The molecule has 0 aromatic heterocycles. The Hall–Kier alpha value is -4.40. The Balaban J connectivity index is 0.00000164. The SMILES string of the molecule is C=C/C=C\c1c(C)c2ccccc2c2ccc(-c3cc(-c4ccc(C)cc4)cc(N)c3/C=C\C)cc12.CN. The van der Waals surface area contributed by atoms with Gasteiger partial charge < -0.3 is 11.5 Å². The maximum Gasteiger partial charge on any atom is 0.0400 e. The first-order valence-electron chi connectivity index (χ1n) is 13.0. The normalized spacial score (nSPS) is 11.3. The molecule has 0 amide bonds. The van der Waals surface area contributed by atoms with Crippen molar-refractivity contribution < 1.29 is 0 Å². The lowest BCUT2D eigenvalue weighted by atomic mass is 9.88. The van der Waals surface area contributed by atoms with Gasteiger partial charge in [-0.25, -0.2) is 0 Å². The van der Waals surface area contributed by atoms with E-state index in [0.29, 0.717) is 0 Å². The Bertz CT molecular complexity index is 1670. The highest BCUT2D eigenvalue weighted by molar-refractivity contribution is 6.13. The minimum atomic E-state index is 0.780. The molecule has 5 aromatic rings. The highest BCUT2D eigenvalue weighted by Crippen LogP contribution is 2.39. The van der Waals surface area contributed by atoms with E-state index in [1.165, 1.54) is 45.3 Å². The molecular formula is C36H36N2. The first kappa shape index (κ1) is 26.7. The fourth-order valence-electron chi connectivity index (χ4n) is 5.12. The Morgan fingerprint density at radius 1 is 0.658 bits per heavy atom. The van der Waals surface area contributed by atoms with E-state index in [1.54, 1.807) is 0 Å². The molecule has 0 bridgehead atoms. The number of benzene rings is 5. The summed E-state index contributed by atoms with van der Waals surface area (Å²) >= 11 is 0. The smallest absolute Gasteiger partial charge is 0.0400 e. The molecule has 5 aromatic carbocycles. The van der Waals surface area contributed by atoms with Crippen molar-refractivity contribution in [3.05, 3.63) is 126 Å².